The third kappa shape index (κ3) is 5.39. The summed E-state index contributed by atoms with van der Waals surface area (Å²) in [7, 11) is 1.90. The van der Waals surface area contributed by atoms with E-state index in [1.165, 1.54) is 0 Å². The Morgan fingerprint density at radius 2 is 2.04 bits per heavy atom. The van der Waals surface area contributed by atoms with E-state index >= 15 is 0 Å². The Hall–Kier alpha value is -2.21. The third-order valence-electron chi connectivity index (χ3n) is 4.89. The third-order valence-corrected chi connectivity index (χ3v) is 4.89. The van der Waals surface area contributed by atoms with Gasteiger partial charge in [-0.25, -0.2) is 0 Å². The Morgan fingerprint density at radius 1 is 1.35 bits per heavy atom. The minimum Gasteiger partial charge on any atom is -0.481 e. The molecule has 0 radical (unpaired) electrons. The van der Waals surface area contributed by atoms with Crippen molar-refractivity contribution in [3.05, 3.63) is 41.7 Å². The van der Waals surface area contributed by atoms with Crippen LogP contribution in [0, 0.1) is 5.41 Å². The Labute approximate surface area is 155 Å². The minimum absolute atomic E-state index is 0.0101. The first-order chi connectivity index (χ1) is 12.3. The molecule has 1 aromatic rings. The van der Waals surface area contributed by atoms with E-state index in [0.29, 0.717) is 25.9 Å². The number of likely N-dealkylation sites (tertiary alicyclic amines) is 1. The lowest BCUT2D eigenvalue weighted by Crippen LogP contribution is -2.51. The first-order valence-electron chi connectivity index (χ1n) is 9.04. The Morgan fingerprint density at radius 3 is 2.65 bits per heavy atom. The SMILES string of the molecule is CC(C)=CCC1(C(=O)O)CCCN(C(=O)CN(C)Cc2ccncc2)C1. The van der Waals surface area contributed by atoms with Crippen molar-refractivity contribution in [1.29, 1.82) is 0 Å². The number of rotatable bonds is 7. The number of piperidine rings is 1. The fraction of sp³-hybridized carbons (Fsp3) is 0.550. The second-order valence-electron chi connectivity index (χ2n) is 7.52. The standard InChI is InChI=1S/C20H29N3O3/c1-16(2)5-9-20(19(25)26)8-4-12-23(15-20)18(24)14-22(3)13-17-6-10-21-11-7-17/h5-7,10-11H,4,8-9,12-15H2,1-3H3,(H,25,26). The number of carboxylic acids is 1. The molecular weight excluding hydrogens is 330 g/mol. The second kappa shape index (κ2) is 8.94. The summed E-state index contributed by atoms with van der Waals surface area (Å²) in [5.74, 6) is -0.818. The van der Waals surface area contributed by atoms with E-state index in [-0.39, 0.29) is 19.0 Å². The van der Waals surface area contributed by atoms with Crippen LogP contribution in [0.3, 0.4) is 0 Å². The summed E-state index contributed by atoms with van der Waals surface area (Å²) in [5, 5.41) is 9.79. The number of amides is 1. The first-order valence-corrected chi connectivity index (χ1v) is 9.04. The number of aliphatic carboxylic acids is 1. The highest BCUT2D eigenvalue weighted by Crippen LogP contribution is 2.35. The van der Waals surface area contributed by atoms with Crippen LogP contribution in [-0.4, -0.2) is 58.4 Å². The van der Waals surface area contributed by atoms with Crippen LogP contribution in [0.1, 0.15) is 38.7 Å². The van der Waals surface area contributed by atoms with Gasteiger partial charge in [0.25, 0.3) is 0 Å². The first kappa shape index (κ1) is 20.1. The molecule has 1 saturated heterocycles. The van der Waals surface area contributed by atoms with E-state index in [0.717, 1.165) is 17.6 Å². The lowest BCUT2D eigenvalue weighted by Gasteiger charge is -2.40. The van der Waals surface area contributed by atoms with Crippen LogP contribution in [0.5, 0.6) is 0 Å². The molecule has 1 N–H and O–H groups in total. The zero-order valence-corrected chi connectivity index (χ0v) is 15.9. The van der Waals surface area contributed by atoms with Crippen LogP contribution in [0.15, 0.2) is 36.2 Å². The molecule has 0 saturated carbocycles. The van der Waals surface area contributed by atoms with E-state index in [2.05, 4.69) is 4.98 Å². The number of likely N-dealkylation sites (N-methyl/N-ethyl adjacent to an activating group) is 1. The van der Waals surface area contributed by atoms with Gasteiger partial charge in [-0.3, -0.25) is 19.5 Å². The zero-order valence-electron chi connectivity index (χ0n) is 15.9. The van der Waals surface area contributed by atoms with E-state index < -0.39 is 11.4 Å². The van der Waals surface area contributed by atoms with Crippen LogP contribution in [0.2, 0.25) is 0 Å². The number of hydrogen-bond acceptors (Lipinski definition) is 4. The molecule has 142 valence electrons. The molecule has 6 heteroatoms. The molecule has 1 aliphatic heterocycles. The Bertz CT molecular complexity index is 656. The maximum atomic E-state index is 12.7. The van der Waals surface area contributed by atoms with Gasteiger partial charge in [-0.15, -0.1) is 0 Å². The molecule has 1 aromatic heterocycles. The second-order valence-corrected chi connectivity index (χ2v) is 7.52. The van der Waals surface area contributed by atoms with Gasteiger partial charge >= 0.3 is 5.97 Å². The summed E-state index contributed by atoms with van der Waals surface area (Å²) < 4.78 is 0. The number of nitrogens with zero attached hydrogens (tertiary/aromatic N) is 3. The fourth-order valence-corrected chi connectivity index (χ4v) is 3.36. The molecule has 1 atom stereocenters. The molecule has 26 heavy (non-hydrogen) atoms. The van der Waals surface area contributed by atoms with Crippen LogP contribution < -0.4 is 0 Å². The average Bonchev–Trinajstić information content (AvgIpc) is 2.60. The van der Waals surface area contributed by atoms with Crippen LogP contribution in [0.25, 0.3) is 0 Å². The summed E-state index contributed by atoms with van der Waals surface area (Å²) in [6, 6.07) is 3.85. The summed E-state index contributed by atoms with van der Waals surface area (Å²) >= 11 is 0. The Kier molecular flexibility index (Phi) is 6.91. The quantitative estimate of drug-likeness (QED) is 0.758. The van der Waals surface area contributed by atoms with Gasteiger partial charge in [-0.05, 0) is 57.9 Å². The zero-order chi connectivity index (χ0) is 19.2. The van der Waals surface area contributed by atoms with Crippen LogP contribution in [-0.2, 0) is 16.1 Å². The predicted octanol–water partition coefficient (Wildman–Crippen LogP) is 2.56. The highest BCUT2D eigenvalue weighted by Gasteiger charge is 2.42. The van der Waals surface area contributed by atoms with Gasteiger partial charge in [0, 0.05) is 32.0 Å². The van der Waals surface area contributed by atoms with Crippen molar-refractivity contribution in [1.82, 2.24) is 14.8 Å². The van der Waals surface area contributed by atoms with Crippen molar-refractivity contribution in [2.45, 2.75) is 39.7 Å². The van der Waals surface area contributed by atoms with Gasteiger partial charge < -0.3 is 10.0 Å². The molecule has 2 rings (SSSR count). The monoisotopic (exact) mass is 359 g/mol. The van der Waals surface area contributed by atoms with Crippen molar-refractivity contribution in [2.24, 2.45) is 5.41 Å². The smallest absolute Gasteiger partial charge is 0.311 e. The maximum absolute atomic E-state index is 12.7. The summed E-state index contributed by atoms with van der Waals surface area (Å²) in [6.07, 6.45) is 7.25. The molecule has 1 unspecified atom stereocenters. The minimum atomic E-state index is -0.866. The van der Waals surface area contributed by atoms with E-state index in [9.17, 15) is 14.7 Å². The van der Waals surface area contributed by atoms with Gasteiger partial charge in [0.15, 0.2) is 0 Å². The molecule has 1 aliphatic rings. The van der Waals surface area contributed by atoms with Gasteiger partial charge in [0.05, 0.1) is 12.0 Å². The maximum Gasteiger partial charge on any atom is 0.311 e. The number of carbonyl (C=O) groups excluding carboxylic acids is 1. The van der Waals surface area contributed by atoms with Crippen molar-refractivity contribution in [3.8, 4) is 0 Å². The van der Waals surface area contributed by atoms with Crippen molar-refractivity contribution >= 4 is 11.9 Å². The van der Waals surface area contributed by atoms with Gasteiger partial charge in [0.2, 0.25) is 5.91 Å². The number of aromatic nitrogens is 1. The molecule has 0 aliphatic carbocycles. The molecule has 0 spiro atoms. The number of hydrogen-bond donors (Lipinski definition) is 1. The fourth-order valence-electron chi connectivity index (χ4n) is 3.36. The molecule has 1 fully saturated rings. The van der Waals surface area contributed by atoms with E-state index in [1.54, 1.807) is 17.3 Å². The topological polar surface area (TPSA) is 73.7 Å². The van der Waals surface area contributed by atoms with Crippen molar-refractivity contribution in [2.75, 3.05) is 26.7 Å². The predicted molar refractivity (Wildman–Crippen MR) is 101 cm³/mol. The van der Waals surface area contributed by atoms with Crippen LogP contribution >= 0.6 is 0 Å². The molecule has 0 aromatic carbocycles. The molecule has 2 heterocycles. The van der Waals surface area contributed by atoms with Crippen molar-refractivity contribution < 1.29 is 14.7 Å². The van der Waals surface area contributed by atoms with Gasteiger partial charge in [0.1, 0.15) is 0 Å². The highest BCUT2D eigenvalue weighted by atomic mass is 16.4. The van der Waals surface area contributed by atoms with Crippen molar-refractivity contribution in [3.63, 3.8) is 0 Å². The largest absolute Gasteiger partial charge is 0.481 e. The lowest BCUT2D eigenvalue weighted by molar-refractivity contribution is -0.154. The summed E-state index contributed by atoms with van der Waals surface area (Å²) in [5.41, 5.74) is 1.33. The highest BCUT2D eigenvalue weighted by molar-refractivity contribution is 5.81. The van der Waals surface area contributed by atoms with Gasteiger partial charge in [-0.2, -0.15) is 0 Å². The summed E-state index contributed by atoms with van der Waals surface area (Å²) in [4.78, 5) is 32.3. The lowest BCUT2D eigenvalue weighted by atomic mass is 9.76. The van der Waals surface area contributed by atoms with Crippen LogP contribution in [0.4, 0.5) is 0 Å². The summed E-state index contributed by atoms with van der Waals surface area (Å²) in [6.45, 7) is 5.79. The molecule has 1 amide bonds. The number of pyridine rings is 1. The number of allylic oxidation sites excluding steroid dienone is 2. The molecule has 0 bridgehead atoms. The number of carboxylic acid groups (broad SMARTS) is 1. The number of carbonyl (C=O) groups is 2. The van der Waals surface area contributed by atoms with E-state index in [4.69, 9.17) is 0 Å². The van der Waals surface area contributed by atoms with Gasteiger partial charge in [-0.1, -0.05) is 11.6 Å². The van der Waals surface area contributed by atoms with E-state index in [1.807, 2.05) is 44.0 Å². The Balaban J connectivity index is 1.99. The molecule has 6 nitrogen and oxygen atoms in total. The normalized spacial score (nSPS) is 20.1. The molecular formula is C20H29N3O3. The average molecular weight is 359 g/mol.